The molecule has 0 unspecified atom stereocenters. The summed E-state index contributed by atoms with van der Waals surface area (Å²) in [6, 6.07) is 2.59. The molecule has 114 valence electrons. The first-order valence-electron chi connectivity index (χ1n) is 5.46. The van der Waals surface area contributed by atoms with Gasteiger partial charge in [0.05, 0.1) is 16.8 Å². The minimum atomic E-state index is -4.07. The van der Waals surface area contributed by atoms with Gasteiger partial charge in [-0.3, -0.25) is 4.72 Å². The summed E-state index contributed by atoms with van der Waals surface area (Å²) in [6.07, 6.45) is 1.08. The van der Waals surface area contributed by atoms with Crippen LogP contribution in [0.5, 0.6) is 0 Å². The monoisotopic (exact) mass is 334 g/mol. The van der Waals surface area contributed by atoms with Crippen LogP contribution in [-0.2, 0) is 20.0 Å². The summed E-state index contributed by atoms with van der Waals surface area (Å²) in [5.41, 5.74) is -0.408. The van der Waals surface area contributed by atoms with Gasteiger partial charge in [-0.05, 0) is 25.1 Å². The number of anilines is 1. The summed E-state index contributed by atoms with van der Waals surface area (Å²) < 4.78 is 61.8. The van der Waals surface area contributed by atoms with Gasteiger partial charge >= 0.3 is 0 Å². The number of sulfonamides is 2. The Hall–Kier alpha value is -1.98. The highest BCUT2D eigenvalue weighted by Gasteiger charge is 2.19. The zero-order valence-electron chi connectivity index (χ0n) is 10.7. The maximum atomic E-state index is 13.8. The van der Waals surface area contributed by atoms with Crippen molar-refractivity contribution in [2.24, 2.45) is 5.14 Å². The lowest BCUT2D eigenvalue weighted by Crippen LogP contribution is -2.16. The Morgan fingerprint density at radius 3 is 2.43 bits per heavy atom. The molecular formula is C10H11FN4O4S2. The van der Waals surface area contributed by atoms with E-state index in [1.54, 1.807) is 6.92 Å². The predicted octanol–water partition coefficient (Wildman–Crippen LogP) is 0.305. The summed E-state index contributed by atoms with van der Waals surface area (Å²) in [4.78, 5) is 5.76. The number of nitrogens with zero attached hydrogens (tertiary/aromatic N) is 1. The Labute approximate surface area is 120 Å². The number of imidazole rings is 1. The second kappa shape index (κ2) is 5.09. The molecule has 0 atom stereocenters. The van der Waals surface area contributed by atoms with Crippen LogP contribution < -0.4 is 9.86 Å². The maximum Gasteiger partial charge on any atom is 0.279 e. The van der Waals surface area contributed by atoms with Crippen molar-refractivity contribution in [3.8, 4) is 0 Å². The number of halogens is 1. The number of hydrogen-bond donors (Lipinski definition) is 3. The number of nitrogens with one attached hydrogen (secondary N) is 2. The van der Waals surface area contributed by atoms with Gasteiger partial charge in [-0.15, -0.1) is 0 Å². The lowest BCUT2D eigenvalue weighted by molar-refractivity contribution is 0.592. The summed E-state index contributed by atoms with van der Waals surface area (Å²) in [7, 11) is -8.12. The van der Waals surface area contributed by atoms with E-state index in [9.17, 15) is 21.2 Å². The number of H-pyrrole nitrogens is 1. The molecule has 1 heterocycles. The van der Waals surface area contributed by atoms with Crippen LogP contribution >= 0.6 is 0 Å². The van der Waals surface area contributed by atoms with Crippen molar-refractivity contribution >= 4 is 25.7 Å². The summed E-state index contributed by atoms with van der Waals surface area (Å²) in [6.45, 7) is 1.56. The fraction of sp³-hybridized carbons (Fsp3) is 0.100. The molecule has 2 aromatic rings. The second-order valence-electron chi connectivity index (χ2n) is 4.13. The first-order chi connectivity index (χ1) is 9.59. The highest BCUT2D eigenvalue weighted by atomic mass is 32.2. The van der Waals surface area contributed by atoms with Gasteiger partial charge in [-0.1, -0.05) is 0 Å². The molecule has 0 saturated heterocycles. The van der Waals surface area contributed by atoms with Gasteiger partial charge in [0.2, 0.25) is 10.0 Å². The highest BCUT2D eigenvalue weighted by Crippen LogP contribution is 2.21. The largest absolute Gasteiger partial charge is 0.332 e. The molecule has 4 N–H and O–H groups in total. The Kier molecular flexibility index (Phi) is 3.74. The number of nitrogens with two attached hydrogens (primary N) is 1. The number of aryl methyl sites for hydroxylation is 1. The molecular weight excluding hydrogens is 323 g/mol. The van der Waals surface area contributed by atoms with E-state index in [4.69, 9.17) is 5.14 Å². The Morgan fingerprint density at radius 2 is 1.95 bits per heavy atom. The van der Waals surface area contributed by atoms with Crippen LogP contribution in [0.15, 0.2) is 34.3 Å². The fourth-order valence-electron chi connectivity index (χ4n) is 1.49. The van der Waals surface area contributed by atoms with Gasteiger partial charge in [-0.2, -0.15) is 8.42 Å². The molecule has 0 fully saturated rings. The number of benzene rings is 1. The molecule has 1 aromatic carbocycles. The van der Waals surface area contributed by atoms with Crippen LogP contribution in [0, 0.1) is 12.7 Å². The van der Waals surface area contributed by atoms with Gasteiger partial charge < -0.3 is 4.98 Å². The Morgan fingerprint density at radius 1 is 1.29 bits per heavy atom. The van der Waals surface area contributed by atoms with Crippen molar-refractivity contribution in [3.05, 3.63) is 36.0 Å². The Bertz CT molecular complexity index is 890. The van der Waals surface area contributed by atoms with E-state index in [-0.39, 0.29) is 5.03 Å². The van der Waals surface area contributed by atoms with Crippen LogP contribution in [0.1, 0.15) is 5.82 Å². The van der Waals surface area contributed by atoms with E-state index in [1.807, 2.05) is 4.72 Å². The molecule has 0 amide bonds. The molecule has 0 radical (unpaired) electrons. The standard InChI is InChI=1S/C10H11FN4O4S2/c1-6-13-5-10(14-6)21(18,19)15-9-3-2-7(4-8(9)11)20(12,16)17/h2-5,15H,1H3,(H,13,14)(H2,12,16,17). The second-order valence-corrected chi connectivity index (χ2v) is 7.34. The fourth-order valence-corrected chi connectivity index (χ4v) is 3.05. The molecule has 0 bridgehead atoms. The van der Waals surface area contributed by atoms with Crippen LogP contribution in [0.3, 0.4) is 0 Å². The number of primary sulfonamides is 1. The van der Waals surface area contributed by atoms with Crippen molar-refractivity contribution in [2.45, 2.75) is 16.8 Å². The summed E-state index contributed by atoms with van der Waals surface area (Å²) >= 11 is 0. The maximum absolute atomic E-state index is 13.8. The first kappa shape index (κ1) is 15.4. The molecule has 1 aromatic heterocycles. The molecule has 21 heavy (non-hydrogen) atoms. The van der Waals surface area contributed by atoms with E-state index in [0.29, 0.717) is 11.9 Å². The van der Waals surface area contributed by atoms with E-state index in [1.165, 1.54) is 0 Å². The number of rotatable bonds is 4. The molecule has 11 heteroatoms. The van der Waals surface area contributed by atoms with Crippen molar-refractivity contribution < 1.29 is 21.2 Å². The molecule has 0 aliphatic rings. The van der Waals surface area contributed by atoms with Gasteiger partial charge in [0.1, 0.15) is 11.6 Å². The SMILES string of the molecule is Cc1ncc(S(=O)(=O)Nc2ccc(S(N)(=O)=O)cc2F)[nH]1. The Balaban J connectivity index is 2.36. The van der Waals surface area contributed by atoms with Crippen molar-refractivity contribution in [3.63, 3.8) is 0 Å². The average Bonchev–Trinajstić information content (AvgIpc) is 2.78. The number of hydrogen-bond acceptors (Lipinski definition) is 5. The third-order valence-corrected chi connectivity index (χ3v) is 4.67. The topological polar surface area (TPSA) is 135 Å². The van der Waals surface area contributed by atoms with Gasteiger partial charge in [0.15, 0.2) is 5.03 Å². The molecule has 0 saturated carbocycles. The molecule has 8 nitrogen and oxygen atoms in total. The van der Waals surface area contributed by atoms with E-state index in [2.05, 4.69) is 9.97 Å². The normalized spacial score (nSPS) is 12.3. The van der Waals surface area contributed by atoms with E-state index in [0.717, 1.165) is 18.3 Å². The molecule has 2 rings (SSSR count). The minimum Gasteiger partial charge on any atom is -0.332 e. The number of aromatic amines is 1. The van der Waals surface area contributed by atoms with Gasteiger partial charge in [0, 0.05) is 0 Å². The lowest BCUT2D eigenvalue weighted by Gasteiger charge is -2.08. The quantitative estimate of drug-likeness (QED) is 0.739. The van der Waals surface area contributed by atoms with Gasteiger partial charge in [-0.25, -0.2) is 22.9 Å². The van der Waals surface area contributed by atoms with Crippen LogP contribution in [-0.4, -0.2) is 26.8 Å². The van der Waals surface area contributed by atoms with Crippen molar-refractivity contribution in [1.29, 1.82) is 0 Å². The van der Waals surface area contributed by atoms with Crippen LogP contribution in [0.2, 0.25) is 0 Å². The van der Waals surface area contributed by atoms with Crippen molar-refractivity contribution in [2.75, 3.05) is 4.72 Å². The highest BCUT2D eigenvalue weighted by molar-refractivity contribution is 7.92. The first-order valence-corrected chi connectivity index (χ1v) is 8.49. The zero-order chi connectivity index (χ0) is 15.8. The minimum absolute atomic E-state index is 0.241. The summed E-state index contributed by atoms with van der Waals surface area (Å²) in [5.74, 6) is -0.693. The lowest BCUT2D eigenvalue weighted by atomic mass is 10.3. The zero-order valence-corrected chi connectivity index (χ0v) is 12.3. The summed E-state index contributed by atoms with van der Waals surface area (Å²) in [5, 5.41) is 4.61. The molecule has 0 spiro atoms. The van der Waals surface area contributed by atoms with E-state index >= 15 is 0 Å². The van der Waals surface area contributed by atoms with Crippen molar-refractivity contribution in [1.82, 2.24) is 9.97 Å². The average molecular weight is 334 g/mol. The predicted molar refractivity (Wildman–Crippen MR) is 71.9 cm³/mol. The molecule has 0 aliphatic carbocycles. The van der Waals surface area contributed by atoms with Gasteiger partial charge in [0.25, 0.3) is 10.0 Å². The third-order valence-electron chi connectivity index (χ3n) is 2.48. The van der Waals surface area contributed by atoms with Crippen LogP contribution in [0.4, 0.5) is 10.1 Å². The van der Waals surface area contributed by atoms with E-state index < -0.39 is 36.4 Å². The third kappa shape index (κ3) is 3.37. The smallest absolute Gasteiger partial charge is 0.279 e. The molecule has 0 aliphatic heterocycles. The number of aromatic nitrogens is 2. The van der Waals surface area contributed by atoms with Crippen LogP contribution in [0.25, 0.3) is 0 Å².